The van der Waals surface area contributed by atoms with E-state index in [2.05, 4.69) is 32.0 Å². The smallest absolute Gasteiger partial charge is 0.305 e. The normalized spacial score (nSPS) is 11.1. The van der Waals surface area contributed by atoms with Crippen molar-refractivity contribution in [3.63, 3.8) is 0 Å². The maximum atomic E-state index is 13.8. The van der Waals surface area contributed by atoms with E-state index >= 15 is 0 Å². The van der Waals surface area contributed by atoms with Crippen molar-refractivity contribution in [3.05, 3.63) is 74.9 Å². The van der Waals surface area contributed by atoms with E-state index in [9.17, 15) is 9.59 Å². The van der Waals surface area contributed by atoms with Gasteiger partial charge in [0.2, 0.25) is 0 Å². The number of benzene rings is 2. The summed E-state index contributed by atoms with van der Waals surface area (Å²) >= 11 is 1.49. The second kappa shape index (κ2) is 9.09. The summed E-state index contributed by atoms with van der Waals surface area (Å²) in [4.78, 5) is 31.1. The number of fused-ring (bicyclic) bond motifs is 1. The number of methoxy groups -OCH3 is 1. The molecule has 0 aliphatic heterocycles. The second-order valence-corrected chi connectivity index (χ2v) is 8.94. The van der Waals surface area contributed by atoms with E-state index < -0.39 is 0 Å². The SMILES string of the molecule is COC(=O)CCCn1c(-c2ccc(C)cc2)nc2scc(-c3ccc(C)cc3C)c2c1=O. The monoisotopic (exact) mass is 446 g/mol. The lowest BCUT2D eigenvalue weighted by atomic mass is 9.99. The molecule has 2 heterocycles. The lowest BCUT2D eigenvalue weighted by Gasteiger charge is -2.14. The third kappa shape index (κ3) is 4.23. The molecular weight excluding hydrogens is 420 g/mol. The van der Waals surface area contributed by atoms with Crippen LogP contribution in [0, 0.1) is 20.8 Å². The Kier molecular flexibility index (Phi) is 6.24. The first-order valence-corrected chi connectivity index (χ1v) is 11.5. The predicted molar refractivity (Wildman–Crippen MR) is 130 cm³/mol. The molecule has 4 rings (SSSR count). The largest absolute Gasteiger partial charge is 0.469 e. The van der Waals surface area contributed by atoms with E-state index in [1.165, 1.54) is 24.0 Å². The molecule has 0 spiro atoms. The Labute approximate surface area is 191 Å². The molecule has 5 nitrogen and oxygen atoms in total. The quantitative estimate of drug-likeness (QED) is 0.358. The minimum absolute atomic E-state index is 0.0772. The van der Waals surface area contributed by atoms with Crippen LogP contribution in [0.3, 0.4) is 0 Å². The molecule has 2 aromatic carbocycles. The number of nitrogens with zero attached hydrogens (tertiary/aromatic N) is 2. The van der Waals surface area contributed by atoms with Gasteiger partial charge >= 0.3 is 5.97 Å². The standard InChI is InChI=1S/C26H26N2O3S/c1-16-7-10-19(11-8-16)24-27-25-23(26(30)28(24)13-5-6-22(29)31-4)21(15-32-25)20-12-9-17(2)14-18(20)3/h7-12,14-15H,5-6,13H2,1-4H3. The van der Waals surface area contributed by atoms with Gasteiger partial charge in [-0.1, -0.05) is 53.6 Å². The minimum atomic E-state index is -0.282. The molecule has 0 bridgehead atoms. The average molecular weight is 447 g/mol. The van der Waals surface area contributed by atoms with Gasteiger partial charge in [-0.3, -0.25) is 14.2 Å². The third-order valence-corrected chi connectivity index (χ3v) is 6.54. The van der Waals surface area contributed by atoms with Gasteiger partial charge in [-0.2, -0.15) is 0 Å². The summed E-state index contributed by atoms with van der Waals surface area (Å²) < 4.78 is 6.47. The van der Waals surface area contributed by atoms with Crippen molar-refractivity contribution in [2.24, 2.45) is 0 Å². The van der Waals surface area contributed by atoms with Gasteiger partial charge in [-0.15, -0.1) is 11.3 Å². The fraction of sp³-hybridized carbons (Fsp3) is 0.269. The summed E-state index contributed by atoms with van der Waals surface area (Å²) in [5.74, 6) is 0.344. The van der Waals surface area contributed by atoms with Gasteiger partial charge in [0, 0.05) is 29.5 Å². The first kappa shape index (κ1) is 22.0. The maximum absolute atomic E-state index is 13.8. The average Bonchev–Trinajstić information content (AvgIpc) is 3.19. The summed E-state index contributed by atoms with van der Waals surface area (Å²) in [6, 6.07) is 14.3. The maximum Gasteiger partial charge on any atom is 0.305 e. The van der Waals surface area contributed by atoms with Crippen molar-refractivity contribution in [1.82, 2.24) is 9.55 Å². The van der Waals surface area contributed by atoms with Crippen LogP contribution in [0.5, 0.6) is 0 Å². The summed E-state index contributed by atoms with van der Waals surface area (Å²) in [6.07, 6.45) is 0.754. The van der Waals surface area contributed by atoms with E-state index in [0.717, 1.165) is 32.6 Å². The number of thiophene rings is 1. The van der Waals surface area contributed by atoms with Crippen LogP contribution < -0.4 is 5.56 Å². The second-order valence-electron chi connectivity index (χ2n) is 8.09. The summed E-state index contributed by atoms with van der Waals surface area (Å²) in [7, 11) is 1.38. The highest BCUT2D eigenvalue weighted by atomic mass is 32.1. The Balaban J connectivity index is 1.89. The lowest BCUT2D eigenvalue weighted by Crippen LogP contribution is -2.24. The van der Waals surface area contributed by atoms with Gasteiger partial charge in [-0.25, -0.2) is 4.98 Å². The number of carbonyl (C=O) groups is 1. The number of ether oxygens (including phenoxy) is 1. The molecule has 0 saturated heterocycles. The molecule has 6 heteroatoms. The molecule has 0 amide bonds. The van der Waals surface area contributed by atoms with E-state index in [1.807, 2.05) is 36.6 Å². The highest BCUT2D eigenvalue weighted by molar-refractivity contribution is 7.17. The molecule has 0 aliphatic carbocycles. The van der Waals surface area contributed by atoms with Crippen LogP contribution in [-0.4, -0.2) is 22.6 Å². The molecular formula is C26H26N2O3S. The van der Waals surface area contributed by atoms with Crippen LogP contribution >= 0.6 is 11.3 Å². The molecule has 0 fully saturated rings. The van der Waals surface area contributed by atoms with Crippen molar-refractivity contribution >= 4 is 27.5 Å². The lowest BCUT2D eigenvalue weighted by molar-refractivity contribution is -0.140. The Bertz CT molecular complexity index is 1350. The topological polar surface area (TPSA) is 61.2 Å². The first-order chi connectivity index (χ1) is 15.4. The van der Waals surface area contributed by atoms with Crippen LogP contribution in [0.4, 0.5) is 0 Å². The number of hydrogen-bond acceptors (Lipinski definition) is 5. The van der Waals surface area contributed by atoms with Gasteiger partial charge in [0.25, 0.3) is 5.56 Å². The zero-order chi connectivity index (χ0) is 22.8. The molecule has 0 saturated carbocycles. The van der Waals surface area contributed by atoms with E-state index in [1.54, 1.807) is 4.57 Å². The summed E-state index contributed by atoms with van der Waals surface area (Å²) in [5.41, 5.74) is 6.22. The molecule has 2 aromatic heterocycles. The van der Waals surface area contributed by atoms with Gasteiger partial charge in [0.05, 0.1) is 12.5 Å². The Hall–Kier alpha value is -3.25. The predicted octanol–water partition coefficient (Wildman–Crippen LogP) is 5.67. The Morgan fingerprint density at radius 2 is 1.75 bits per heavy atom. The highest BCUT2D eigenvalue weighted by Gasteiger charge is 2.19. The van der Waals surface area contributed by atoms with Crippen LogP contribution in [-0.2, 0) is 16.1 Å². The van der Waals surface area contributed by atoms with Crippen molar-refractivity contribution < 1.29 is 9.53 Å². The molecule has 0 radical (unpaired) electrons. The Morgan fingerprint density at radius 3 is 2.44 bits per heavy atom. The number of aromatic nitrogens is 2. The summed E-state index contributed by atoms with van der Waals surface area (Å²) in [6.45, 7) is 6.54. The zero-order valence-electron chi connectivity index (χ0n) is 18.8. The number of aryl methyl sites for hydroxylation is 3. The van der Waals surface area contributed by atoms with Crippen molar-refractivity contribution in [2.75, 3.05) is 7.11 Å². The van der Waals surface area contributed by atoms with Gasteiger partial charge in [0.15, 0.2) is 0 Å². The Morgan fingerprint density at radius 1 is 1.03 bits per heavy atom. The minimum Gasteiger partial charge on any atom is -0.469 e. The summed E-state index contributed by atoms with van der Waals surface area (Å²) in [5, 5.41) is 2.66. The molecule has 0 N–H and O–H groups in total. The van der Waals surface area contributed by atoms with Crippen molar-refractivity contribution in [1.29, 1.82) is 0 Å². The van der Waals surface area contributed by atoms with Gasteiger partial charge < -0.3 is 4.74 Å². The third-order valence-electron chi connectivity index (χ3n) is 5.67. The molecule has 164 valence electrons. The highest BCUT2D eigenvalue weighted by Crippen LogP contribution is 2.34. The van der Waals surface area contributed by atoms with Crippen LogP contribution in [0.25, 0.3) is 32.7 Å². The fourth-order valence-electron chi connectivity index (χ4n) is 3.95. The zero-order valence-corrected chi connectivity index (χ0v) is 19.6. The van der Waals surface area contributed by atoms with Crippen LogP contribution in [0.1, 0.15) is 29.5 Å². The van der Waals surface area contributed by atoms with Gasteiger partial charge in [-0.05, 0) is 38.3 Å². The van der Waals surface area contributed by atoms with E-state index in [0.29, 0.717) is 24.2 Å². The molecule has 0 atom stereocenters. The molecule has 32 heavy (non-hydrogen) atoms. The number of rotatable bonds is 6. The van der Waals surface area contributed by atoms with E-state index in [-0.39, 0.29) is 17.9 Å². The van der Waals surface area contributed by atoms with Crippen LogP contribution in [0.15, 0.2) is 52.6 Å². The van der Waals surface area contributed by atoms with Crippen LogP contribution in [0.2, 0.25) is 0 Å². The molecule has 0 aliphatic rings. The van der Waals surface area contributed by atoms with Crippen molar-refractivity contribution in [2.45, 2.75) is 40.2 Å². The van der Waals surface area contributed by atoms with Crippen molar-refractivity contribution in [3.8, 4) is 22.5 Å². The molecule has 0 unspecified atom stereocenters. The number of carbonyl (C=O) groups excluding carboxylic acids is 1. The number of esters is 1. The fourth-order valence-corrected chi connectivity index (χ4v) is 4.88. The first-order valence-electron chi connectivity index (χ1n) is 10.6. The van der Waals surface area contributed by atoms with E-state index in [4.69, 9.17) is 9.72 Å². The molecule has 4 aromatic rings. The number of hydrogen-bond donors (Lipinski definition) is 0. The van der Waals surface area contributed by atoms with Gasteiger partial charge in [0.1, 0.15) is 10.7 Å².